The molecule has 0 unspecified atom stereocenters. The lowest BCUT2D eigenvalue weighted by Crippen LogP contribution is -2.47. The van der Waals surface area contributed by atoms with Gasteiger partial charge in [-0.15, -0.1) is 11.3 Å². The molecule has 2 atom stereocenters. The van der Waals surface area contributed by atoms with E-state index >= 15 is 0 Å². The van der Waals surface area contributed by atoms with Crippen LogP contribution < -0.4 is 10.7 Å². The van der Waals surface area contributed by atoms with Crippen LogP contribution in [-0.4, -0.2) is 23.1 Å². The van der Waals surface area contributed by atoms with Crippen molar-refractivity contribution in [3.05, 3.63) is 57.9 Å². The third-order valence-electron chi connectivity index (χ3n) is 4.37. The fraction of sp³-hybridized carbons (Fsp3) is 0.222. The van der Waals surface area contributed by atoms with Gasteiger partial charge < -0.3 is 4.98 Å². The number of aromatic amines is 1. The first-order valence-corrected chi connectivity index (χ1v) is 8.82. The van der Waals surface area contributed by atoms with Gasteiger partial charge in [-0.25, -0.2) is 5.43 Å². The largest absolute Gasteiger partial charge is 0.357 e. The topological polar surface area (TPSA) is 69.3 Å². The van der Waals surface area contributed by atoms with Crippen LogP contribution in [0.2, 0.25) is 0 Å². The first-order valence-electron chi connectivity index (χ1n) is 7.94. The van der Waals surface area contributed by atoms with E-state index < -0.39 is 0 Å². The third kappa shape index (κ3) is 2.74. The summed E-state index contributed by atoms with van der Waals surface area (Å²) >= 11 is 1.58. The number of para-hydroxylation sites is 1. The van der Waals surface area contributed by atoms with Crippen molar-refractivity contribution in [2.45, 2.75) is 25.4 Å². The number of rotatable bonds is 3. The van der Waals surface area contributed by atoms with Crippen LogP contribution in [-0.2, 0) is 11.2 Å². The number of aromatic nitrogens is 1. The number of H-pyrrole nitrogens is 1. The summed E-state index contributed by atoms with van der Waals surface area (Å²) in [6, 6.07) is 11.9. The molecular formula is C18H18N4OS. The maximum atomic E-state index is 12.4. The Hall–Kier alpha value is -2.44. The van der Waals surface area contributed by atoms with E-state index in [-0.39, 0.29) is 18.0 Å². The molecule has 3 aromatic rings. The average molecular weight is 338 g/mol. The molecule has 1 aliphatic rings. The number of hydrogen-bond donors (Lipinski definition) is 3. The molecule has 4 rings (SSSR count). The zero-order chi connectivity index (χ0) is 16.5. The van der Waals surface area contributed by atoms with E-state index in [9.17, 15) is 4.79 Å². The molecule has 5 nitrogen and oxygen atoms in total. The number of nitrogens with one attached hydrogen (secondary N) is 3. The number of nitrogens with zero attached hydrogens (tertiary/aromatic N) is 1. The van der Waals surface area contributed by atoms with Crippen LogP contribution in [0.3, 0.4) is 0 Å². The van der Waals surface area contributed by atoms with E-state index in [0.717, 1.165) is 10.4 Å². The number of hydrazone groups is 1. The molecule has 0 aliphatic carbocycles. The summed E-state index contributed by atoms with van der Waals surface area (Å²) < 4.78 is 0. The standard InChI is InChI=1S/C18H18N4OS/c1-11-17-14(13-6-2-3-7-15(13)21-17)9-16(20-11)18(23)22-19-10-12-5-4-8-24-12/h2-8,10-11,16,20-21H,9H2,1H3,(H,22,23)/b19-10+/t11-,16-/m0/s1. The summed E-state index contributed by atoms with van der Waals surface area (Å²) in [5.74, 6) is -0.106. The fourth-order valence-electron chi connectivity index (χ4n) is 3.23. The molecule has 0 fully saturated rings. The maximum Gasteiger partial charge on any atom is 0.257 e. The highest BCUT2D eigenvalue weighted by Crippen LogP contribution is 2.31. The third-order valence-corrected chi connectivity index (χ3v) is 5.17. The van der Waals surface area contributed by atoms with Crippen LogP contribution in [0, 0.1) is 0 Å². The minimum atomic E-state index is -0.285. The highest BCUT2D eigenvalue weighted by molar-refractivity contribution is 7.11. The summed E-state index contributed by atoms with van der Waals surface area (Å²) in [4.78, 5) is 16.9. The highest BCUT2D eigenvalue weighted by Gasteiger charge is 2.30. The van der Waals surface area contributed by atoms with E-state index in [1.807, 2.05) is 29.6 Å². The number of carbonyl (C=O) groups excluding carboxylic acids is 1. The van der Waals surface area contributed by atoms with E-state index in [1.165, 1.54) is 16.6 Å². The number of benzene rings is 1. The quantitative estimate of drug-likeness (QED) is 0.508. The van der Waals surface area contributed by atoms with Crippen LogP contribution in [0.15, 0.2) is 46.9 Å². The van der Waals surface area contributed by atoms with Gasteiger partial charge in [-0.2, -0.15) is 5.10 Å². The average Bonchev–Trinajstić information content (AvgIpc) is 3.22. The highest BCUT2D eigenvalue weighted by atomic mass is 32.1. The lowest BCUT2D eigenvalue weighted by atomic mass is 9.94. The first-order chi connectivity index (χ1) is 11.7. The summed E-state index contributed by atoms with van der Waals surface area (Å²) in [5, 5.41) is 10.6. The van der Waals surface area contributed by atoms with Gasteiger partial charge in [0.1, 0.15) is 0 Å². The maximum absolute atomic E-state index is 12.4. The Balaban J connectivity index is 1.52. The van der Waals surface area contributed by atoms with Crippen LogP contribution in [0.1, 0.15) is 29.1 Å². The van der Waals surface area contributed by atoms with E-state index in [1.54, 1.807) is 17.6 Å². The van der Waals surface area contributed by atoms with Gasteiger partial charge in [0.25, 0.3) is 5.91 Å². The zero-order valence-corrected chi connectivity index (χ0v) is 14.1. The molecule has 1 aliphatic heterocycles. The first kappa shape index (κ1) is 15.1. The molecule has 0 spiro atoms. The van der Waals surface area contributed by atoms with Gasteiger partial charge in [0.2, 0.25) is 0 Å². The Kier molecular flexibility index (Phi) is 3.92. The molecule has 0 bridgehead atoms. The molecule has 24 heavy (non-hydrogen) atoms. The summed E-state index contributed by atoms with van der Waals surface area (Å²) in [6.07, 6.45) is 2.33. The van der Waals surface area contributed by atoms with Gasteiger partial charge in [0.15, 0.2) is 0 Å². The summed E-state index contributed by atoms with van der Waals surface area (Å²) in [5.41, 5.74) is 6.16. The zero-order valence-electron chi connectivity index (χ0n) is 13.2. The molecule has 0 saturated carbocycles. The van der Waals surface area contributed by atoms with E-state index in [0.29, 0.717) is 6.42 Å². The van der Waals surface area contributed by atoms with Crippen LogP contribution in [0.25, 0.3) is 10.9 Å². The molecule has 1 aromatic carbocycles. The van der Waals surface area contributed by atoms with E-state index in [2.05, 4.69) is 39.9 Å². The SMILES string of the molecule is C[C@@H]1N[C@H](C(=O)N/N=C/c2cccs2)Cc2c1[nH]c1ccccc21. The second-order valence-corrected chi connectivity index (χ2v) is 6.94. The smallest absolute Gasteiger partial charge is 0.257 e. The molecule has 1 amide bonds. The molecule has 3 heterocycles. The van der Waals surface area contributed by atoms with Crippen LogP contribution >= 0.6 is 11.3 Å². The molecule has 3 N–H and O–H groups in total. The summed E-state index contributed by atoms with van der Waals surface area (Å²) in [7, 11) is 0. The normalized spacial score (nSPS) is 20.4. The van der Waals surface area contributed by atoms with Gasteiger partial charge in [-0.3, -0.25) is 10.1 Å². The van der Waals surface area contributed by atoms with Gasteiger partial charge in [-0.1, -0.05) is 24.3 Å². The lowest BCUT2D eigenvalue weighted by molar-refractivity contribution is -0.123. The molecule has 0 radical (unpaired) electrons. The Morgan fingerprint density at radius 1 is 1.33 bits per heavy atom. The molecular weight excluding hydrogens is 320 g/mol. The minimum absolute atomic E-state index is 0.0955. The lowest BCUT2D eigenvalue weighted by Gasteiger charge is -2.27. The molecule has 122 valence electrons. The van der Waals surface area contributed by atoms with Crippen molar-refractivity contribution in [3.63, 3.8) is 0 Å². The van der Waals surface area contributed by atoms with Crippen molar-refractivity contribution in [1.29, 1.82) is 0 Å². The Labute approximate surface area is 143 Å². The van der Waals surface area contributed by atoms with E-state index in [4.69, 9.17) is 0 Å². The van der Waals surface area contributed by atoms with Crippen molar-refractivity contribution in [2.24, 2.45) is 5.10 Å². The van der Waals surface area contributed by atoms with Gasteiger partial charge in [0, 0.05) is 27.5 Å². The predicted molar refractivity (Wildman–Crippen MR) is 97.4 cm³/mol. The minimum Gasteiger partial charge on any atom is -0.357 e. The van der Waals surface area contributed by atoms with Crippen molar-refractivity contribution in [2.75, 3.05) is 0 Å². The van der Waals surface area contributed by atoms with Gasteiger partial charge >= 0.3 is 0 Å². The van der Waals surface area contributed by atoms with Crippen molar-refractivity contribution in [3.8, 4) is 0 Å². The monoisotopic (exact) mass is 338 g/mol. The Bertz CT molecular complexity index is 897. The molecule has 6 heteroatoms. The number of hydrogen-bond acceptors (Lipinski definition) is 4. The second kappa shape index (κ2) is 6.22. The number of thiophene rings is 1. The number of fused-ring (bicyclic) bond motifs is 3. The predicted octanol–water partition coefficient (Wildman–Crippen LogP) is 2.96. The number of carbonyl (C=O) groups is 1. The van der Waals surface area contributed by atoms with Gasteiger partial charge in [-0.05, 0) is 36.4 Å². The van der Waals surface area contributed by atoms with Crippen molar-refractivity contribution in [1.82, 2.24) is 15.7 Å². The van der Waals surface area contributed by atoms with Crippen molar-refractivity contribution >= 4 is 34.4 Å². The molecule has 0 saturated heterocycles. The van der Waals surface area contributed by atoms with Gasteiger partial charge in [0.05, 0.1) is 12.3 Å². The second-order valence-electron chi connectivity index (χ2n) is 5.96. The number of amides is 1. The van der Waals surface area contributed by atoms with Crippen molar-refractivity contribution < 1.29 is 4.79 Å². The van der Waals surface area contributed by atoms with Crippen LogP contribution in [0.4, 0.5) is 0 Å². The Morgan fingerprint density at radius 3 is 3.04 bits per heavy atom. The van der Waals surface area contributed by atoms with Crippen LogP contribution in [0.5, 0.6) is 0 Å². The summed E-state index contributed by atoms with van der Waals surface area (Å²) in [6.45, 7) is 2.07. The fourth-order valence-corrected chi connectivity index (χ4v) is 3.81. The Morgan fingerprint density at radius 2 is 2.21 bits per heavy atom. The molecule has 2 aromatic heterocycles.